The van der Waals surface area contributed by atoms with Gasteiger partial charge in [-0.3, -0.25) is 14.7 Å². The molecule has 5 nitrogen and oxygen atoms in total. The molecule has 1 aromatic carbocycles. The zero-order valence-corrected chi connectivity index (χ0v) is 15.6. The van der Waals surface area contributed by atoms with E-state index in [0.29, 0.717) is 17.3 Å². The Balaban J connectivity index is 2.36. The number of aliphatic imine (C=N–C) groups is 1. The summed E-state index contributed by atoms with van der Waals surface area (Å²) in [5.74, 6) is 0.467. The highest BCUT2D eigenvalue weighted by molar-refractivity contribution is 8.18. The average molecular weight is 348 g/mol. The number of nitrogens with zero attached hydrogens (tertiary/aromatic N) is 2. The molecular weight excluding hydrogens is 324 g/mol. The summed E-state index contributed by atoms with van der Waals surface area (Å²) in [6, 6.07) is 5.24. The second-order valence-corrected chi connectivity index (χ2v) is 7.05. The van der Waals surface area contributed by atoms with Crippen LogP contribution in [0, 0.1) is 0 Å². The van der Waals surface area contributed by atoms with Gasteiger partial charge in [-0.1, -0.05) is 6.07 Å². The van der Waals surface area contributed by atoms with Crippen LogP contribution in [0.1, 0.15) is 40.2 Å². The smallest absolute Gasteiger partial charge is 0.266 e. The van der Waals surface area contributed by atoms with E-state index in [9.17, 15) is 9.90 Å². The number of phenols is 1. The van der Waals surface area contributed by atoms with Crippen LogP contribution in [0.5, 0.6) is 11.5 Å². The van der Waals surface area contributed by atoms with E-state index in [4.69, 9.17) is 4.74 Å². The number of aromatic hydroxyl groups is 1. The monoisotopic (exact) mass is 348 g/mol. The average Bonchev–Trinajstić information content (AvgIpc) is 2.78. The number of ether oxygens (including phenoxy) is 1. The van der Waals surface area contributed by atoms with Gasteiger partial charge in [-0.25, -0.2) is 0 Å². The van der Waals surface area contributed by atoms with Crippen LogP contribution < -0.4 is 4.74 Å². The first kappa shape index (κ1) is 18.4. The molecular formula is C18H24N2O3S. The van der Waals surface area contributed by atoms with Crippen LogP contribution in [-0.4, -0.2) is 39.8 Å². The lowest BCUT2D eigenvalue weighted by molar-refractivity contribution is -0.123. The minimum atomic E-state index is -0.0413. The lowest BCUT2D eigenvalue weighted by Gasteiger charge is -2.20. The molecule has 0 unspecified atom stereocenters. The summed E-state index contributed by atoms with van der Waals surface area (Å²) in [4.78, 5) is 19.6. The Labute approximate surface area is 147 Å². The summed E-state index contributed by atoms with van der Waals surface area (Å²) >= 11 is 1.39. The third-order valence-corrected chi connectivity index (χ3v) is 4.30. The van der Waals surface area contributed by atoms with Crippen molar-refractivity contribution in [3.05, 3.63) is 28.7 Å². The van der Waals surface area contributed by atoms with E-state index in [0.717, 1.165) is 10.7 Å². The van der Waals surface area contributed by atoms with Gasteiger partial charge in [0, 0.05) is 12.1 Å². The highest BCUT2D eigenvalue weighted by Gasteiger charge is 2.35. The standard InChI is InChI=1S/C18H24N2O3S/c1-6-23-15-9-13(7-8-14(15)21)10-16-17(22)20(12(4)5)18(24-16)19-11(2)3/h7-12,21H,6H2,1-5H3/b16-10+,19-18?. The number of hydrogen-bond acceptors (Lipinski definition) is 5. The fraction of sp³-hybridized carbons (Fsp3) is 0.444. The Kier molecular flexibility index (Phi) is 5.94. The van der Waals surface area contributed by atoms with Crippen molar-refractivity contribution in [3.63, 3.8) is 0 Å². The van der Waals surface area contributed by atoms with Crippen molar-refractivity contribution in [1.29, 1.82) is 0 Å². The molecule has 1 heterocycles. The molecule has 0 radical (unpaired) electrons. The van der Waals surface area contributed by atoms with Crippen molar-refractivity contribution in [1.82, 2.24) is 4.90 Å². The molecule has 0 bridgehead atoms. The summed E-state index contributed by atoms with van der Waals surface area (Å²) < 4.78 is 5.40. The lowest BCUT2D eigenvalue weighted by Crippen LogP contribution is -2.35. The molecule has 0 spiro atoms. The van der Waals surface area contributed by atoms with E-state index in [2.05, 4.69) is 4.99 Å². The number of carbonyl (C=O) groups is 1. The SMILES string of the molecule is CCOc1cc(/C=C2/SC(=NC(C)C)N(C(C)C)C2=O)ccc1O. The highest BCUT2D eigenvalue weighted by atomic mass is 32.2. The van der Waals surface area contributed by atoms with Crippen molar-refractivity contribution < 1.29 is 14.6 Å². The second kappa shape index (κ2) is 7.75. The Morgan fingerprint density at radius 3 is 2.62 bits per heavy atom. The molecule has 0 atom stereocenters. The molecule has 0 aromatic heterocycles. The van der Waals surface area contributed by atoms with Gasteiger partial charge in [0.25, 0.3) is 5.91 Å². The topological polar surface area (TPSA) is 62.1 Å². The van der Waals surface area contributed by atoms with E-state index >= 15 is 0 Å². The molecule has 1 aliphatic rings. The number of hydrogen-bond donors (Lipinski definition) is 1. The molecule has 1 N–H and O–H groups in total. The van der Waals surface area contributed by atoms with Crippen molar-refractivity contribution >= 4 is 28.9 Å². The summed E-state index contributed by atoms with van der Waals surface area (Å²) in [5, 5.41) is 10.5. The van der Waals surface area contributed by atoms with Crippen molar-refractivity contribution in [2.24, 2.45) is 4.99 Å². The minimum Gasteiger partial charge on any atom is -0.504 e. The lowest BCUT2D eigenvalue weighted by atomic mass is 10.2. The molecule has 1 aliphatic heterocycles. The summed E-state index contributed by atoms with van der Waals surface area (Å²) in [5.41, 5.74) is 0.807. The zero-order valence-electron chi connectivity index (χ0n) is 14.7. The van der Waals surface area contributed by atoms with Gasteiger partial charge in [0.15, 0.2) is 16.7 Å². The Hall–Kier alpha value is -1.95. The molecule has 130 valence electrons. The number of benzene rings is 1. The van der Waals surface area contributed by atoms with Crippen molar-refractivity contribution in [3.8, 4) is 11.5 Å². The van der Waals surface area contributed by atoms with Crippen LogP contribution in [-0.2, 0) is 4.79 Å². The maximum atomic E-state index is 12.7. The highest BCUT2D eigenvalue weighted by Crippen LogP contribution is 2.35. The molecule has 0 aliphatic carbocycles. The van der Waals surface area contributed by atoms with Gasteiger partial charge in [-0.15, -0.1) is 0 Å². The number of amides is 1. The fourth-order valence-electron chi connectivity index (χ4n) is 2.30. The Morgan fingerprint density at radius 2 is 2.04 bits per heavy atom. The van der Waals surface area contributed by atoms with Gasteiger partial charge >= 0.3 is 0 Å². The Bertz CT molecular complexity index is 681. The number of thioether (sulfide) groups is 1. The first-order valence-corrected chi connectivity index (χ1v) is 8.91. The van der Waals surface area contributed by atoms with Gasteiger partial charge in [-0.2, -0.15) is 0 Å². The first-order valence-electron chi connectivity index (χ1n) is 8.10. The normalized spacial score (nSPS) is 18.5. The van der Waals surface area contributed by atoms with E-state index in [-0.39, 0.29) is 23.7 Å². The molecule has 24 heavy (non-hydrogen) atoms. The first-order chi connectivity index (χ1) is 11.3. The number of phenolic OH excluding ortho intramolecular Hbond substituents is 1. The van der Waals surface area contributed by atoms with Crippen LogP contribution in [0.2, 0.25) is 0 Å². The molecule has 2 rings (SSSR count). The zero-order chi connectivity index (χ0) is 17.9. The van der Waals surface area contributed by atoms with Crippen LogP contribution in [0.4, 0.5) is 0 Å². The molecule has 6 heteroatoms. The number of rotatable bonds is 5. The second-order valence-electron chi connectivity index (χ2n) is 6.05. The third kappa shape index (κ3) is 4.12. The fourth-order valence-corrected chi connectivity index (χ4v) is 3.53. The van der Waals surface area contributed by atoms with Crippen molar-refractivity contribution in [2.45, 2.75) is 46.7 Å². The Morgan fingerprint density at radius 1 is 1.33 bits per heavy atom. The quantitative estimate of drug-likeness (QED) is 0.820. The predicted molar refractivity (Wildman–Crippen MR) is 99.4 cm³/mol. The third-order valence-electron chi connectivity index (χ3n) is 3.30. The molecule has 1 saturated heterocycles. The minimum absolute atomic E-state index is 0.0413. The van der Waals surface area contributed by atoms with Crippen LogP contribution >= 0.6 is 11.8 Å². The van der Waals surface area contributed by atoms with Crippen LogP contribution in [0.3, 0.4) is 0 Å². The van der Waals surface area contributed by atoms with E-state index in [1.54, 1.807) is 23.1 Å². The van der Waals surface area contributed by atoms with Gasteiger partial charge in [-0.05, 0) is 70.2 Å². The molecule has 1 amide bonds. The van der Waals surface area contributed by atoms with E-state index in [1.807, 2.05) is 40.7 Å². The summed E-state index contributed by atoms with van der Waals surface area (Å²) in [7, 11) is 0. The summed E-state index contributed by atoms with van der Waals surface area (Å²) in [6.45, 7) is 10.3. The van der Waals surface area contributed by atoms with E-state index in [1.165, 1.54) is 11.8 Å². The summed E-state index contributed by atoms with van der Waals surface area (Å²) in [6.07, 6.45) is 1.81. The van der Waals surface area contributed by atoms with Crippen LogP contribution in [0.25, 0.3) is 6.08 Å². The molecule has 1 fully saturated rings. The largest absolute Gasteiger partial charge is 0.504 e. The number of carbonyl (C=O) groups excluding carboxylic acids is 1. The predicted octanol–water partition coefficient (Wildman–Crippen LogP) is 3.88. The van der Waals surface area contributed by atoms with Crippen LogP contribution in [0.15, 0.2) is 28.1 Å². The maximum absolute atomic E-state index is 12.7. The molecule has 1 aromatic rings. The van der Waals surface area contributed by atoms with Gasteiger partial charge in [0.1, 0.15) is 0 Å². The van der Waals surface area contributed by atoms with Gasteiger partial charge < -0.3 is 9.84 Å². The van der Waals surface area contributed by atoms with Crippen molar-refractivity contribution in [2.75, 3.05) is 6.61 Å². The number of amidine groups is 1. The molecule has 0 saturated carbocycles. The van der Waals surface area contributed by atoms with Gasteiger partial charge in [0.05, 0.1) is 11.5 Å². The van der Waals surface area contributed by atoms with E-state index < -0.39 is 0 Å². The maximum Gasteiger partial charge on any atom is 0.266 e. The van der Waals surface area contributed by atoms with Gasteiger partial charge in [0.2, 0.25) is 0 Å².